The summed E-state index contributed by atoms with van der Waals surface area (Å²) in [4.78, 5) is 22.0. The number of hydrogen-bond donors (Lipinski definition) is 1. The van der Waals surface area contributed by atoms with Gasteiger partial charge in [-0.25, -0.2) is 4.98 Å². The zero-order valence-electron chi connectivity index (χ0n) is 9.96. The highest BCUT2D eigenvalue weighted by molar-refractivity contribution is 5.92. The summed E-state index contributed by atoms with van der Waals surface area (Å²) >= 11 is 0. The molecule has 1 aromatic heterocycles. The Bertz CT molecular complexity index is 391. The Hall–Kier alpha value is -1.49. The maximum Gasteiger partial charge on any atom is 0.274 e. The monoisotopic (exact) mass is 235 g/mol. The molecule has 17 heavy (non-hydrogen) atoms. The van der Waals surface area contributed by atoms with Crippen LogP contribution in [0.25, 0.3) is 0 Å². The molecule has 1 atom stereocenters. The van der Waals surface area contributed by atoms with Gasteiger partial charge < -0.3 is 10.0 Å². The number of aromatic nitrogens is 2. The minimum absolute atomic E-state index is 0.0874. The van der Waals surface area contributed by atoms with Gasteiger partial charge in [0.1, 0.15) is 5.69 Å². The predicted octanol–water partition coefficient (Wildman–Crippen LogP) is 0.630. The van der Waals surface area contributed by atoms with Gasteiger partial charge in [0.15, 0.2) is 0 Å². The van der Waals surface area contributed by atoms with E-state index in [4.69, 9.17) is 5.11 Å². The quantitative estimate of drug-likeness (QED) is 0.816. The van der Waals surface area contributed by atoms with E-state index in [2.05, 4.69) is 9.97 Å². The van der Waals surface area contributed by atoms with Crippen molar-refractivity contribution in [1.82, 2.24) is 14.9 Å². The first-order valence-electron chi connectivity index (χ1n) is 5.89. The van der Waals surface area contributed by atoms with Crippen LogP contribution in [0.15, 0.2) is 12.4 Å². The van der Waals surface area contributed by atoms with E-state index in [9.17, 15) is 4.79 Å². The SMILES string of the molecule is Cc1cnc(C(=O)N2CCC[C@@H](CO)C2)cn1. The topological polar surface area (TPSA) is 66.3 Å². The van der Waals surface area contributed by atoms with Crippen molar-refractivity contribution in [3.8, 4) is 0 Å². The van der Waals surface area contributed by atoms with Gasteiger partial charge in [-0.15, -0.1) is 0 Å². The van der Waals surface area contributed by atoms with Crippen LogP contribution >= 0.6 is 0 Å². The van der Waals surface area contributed by atoms with Crippen LogP contribution in [0.2, 0.25) is 0 Å². The highest BCUT2D eigenvalue weighted by atomic mass is 16.3. The number of rotatable bonds is 2. The van der Waals surface area contributed by atoms with Crippen LogP contribution in [0.1, 0.15) is 29.0 Å². The fourth-order valence-corrected chi connectivity index (χ4v) is 2.06. The molecule has 1 aliphatic heterocycles. The van der Waals surface area contributed by atoms with Crippen molar-refractivity contribution in [3.05, 3.63) is 23.8 Å². The fraction of sp³-hybridized carbons (Fsp3) is 0.583. The molecule has 0 spiro atoms. The van der Waals surface area contributed by atoms with Gasteiger partial charge in [0.05, 0.1) is 11.9 Å². The van der Waals surface area contributed by atoms with Crippen LogP contribution in [0.3, 0.4) is 0 Å². The third kappa shape index (κ3) is 2.79. The Morgan fingerprint density at radius 3 is 3.00 bits per heavy atom. The molecule has 0 aliphatic carbocycles. The largest absolute Gasteiger partial charge is 0.396 e. The molecular weight excluding hydrogens is 218 g/mol. The summed E-state index contributed by atoms with van der Waals surface area (Å²) in [6.45, 7) is 3.34. The van der Waals surface area contributed by atoms with Gasteiger partial charge in [-0.2, -0.15) is 0 Å². The molecule has 0 aromatic carbocycles. The second kappa shape index (κ2) is 5.23. The molecule has 5 heteroatoms. The van der Waals surface area contributed by atoms with E-state index in [1.54, 1.807) is 11.1 Å². The molecule has 1 aromatic rings. The first-order chi connectivity index (χ1) is 8.20. The van der Waals surface area contributed by atoms with Crippen molar-refractivity contribution < 1.29 is 9.90 Å². The average molecular weight is 235 g/mol. The standard InChI is InChI=1S/C12H17N3O2/c1-9-5-14-11(6-13-9)12(17)15-4-2-3-10(7-15)8-16/h5-6,10,16H,2-4,7-8H2,1H3/t10-/m1/s1. The zero-order chi connectivity index (χ0) is 12.3. The molecule has 1 amide bonds. The number of carbonyl (C=O) groups excluding carboxylic acids is 1. The lowest BCUT2D eigenvalue weighted by atomic mass is 9.99. The van der Waals surface area contributed by atoms with E-state index < -0.39 is 0 Å². The number of nitrogens with zero attached hydrogens (tertiary/aromatic N) is 3. The predicted molar refractivity (Wildman–Crippen MR) is 62.5 cm³/mol. The van der Waals surface area contributed by atoms with Crippen molar-refractivity contribution in [2.45, 2.75) is 19.8 Å². The molecule has 0 saturated carbocycles. The number of likely N-dealkylation sites (tertiary alicyclic amines) is 1. The summed E-state index contributed by atoms with van der Waals surface area (Å²) in [5, 5.41) is 9.13. The van der Waals surface area contributed by atoms with Gasteiger partial charge >= 0.3 is 0 Å². The summed E-state index contributed by atoms with van der Waals surface area (Å²) in [6, 6.07) is 0. The maximum absolute atomic E-state index is 12.1. The average Bonchev–Trinajstić information content (AvgIpc) is 2.39. The van der Waals surface area contributed by atoms with Crippen LogP contribution in [0.5, 0.6) is 0 Å². The Balaban J connectivity index is 2.06. The fourth-order valence-electron chi connectivity index (χ4n) is 2.06. The number of hydrogen-bond acceptors (Lipinski definition) is 4. The van der Waals surface area contributed by atoms with Crippen LogP contribution in [-0.4, -0.2) is 45.6 Å². The Labute approximate surface area is 100 Å². The lowest BCUT2D eigenvalue weighted by Crippen LogP contribution is -2.41. The third-order valence-electron chi connectivity index (χ3n) is 3.06. The van der Waals surface area contributed by atoms with Gasteiger partial charge in [0.2, 0.25) is 0 Å². The van der Waals surface area contributed by atoms with E-state index in [0.717, 1.165) is 25.1 Å². The number of carbonyl (C=O) groups is 1. The molecule has 0 unspecified atom stereocenters. The van der Waals surface area contributed by atoms with Gasteiger partial charge in [-0.1, -0.05) is 0 Å². The first kappa shape index (κ1) is 12.0. The Morgan fingerprint density at radius 2 is 2.35 bits per heavy atom. The van der Waals surface area contributed by atoms with Crippen molar-refractivity contribution in [1.29, 1.82) is 0 Å². The van der Waals surface area contributed by atoms with Gasteiger partial charge in [-0.3, -0.25) is 9.78 Å². The second-order valence-corrected chi connectivity index (χ2v) is 4.49. The van der Waals surface area contributed by atoms with Crippen molar-refractivity contribution in [2.75, 3.05) is 19.7 Å². The zero-order valence-corrected chi connectivity index (χ0v) is 9.96. The van der Waals surface area contributed by atoms with Crippen LogP contribution in [0.4, 0.5) is 0 Å². The number of piperidine rings is 1. The number of aliphatic hydroxyl groups excluding tert-OH is 1. The van der Waals surface area contributed by atoms with Gasteiger partial charge in [0.25, 0.3) is 5.91 Å². The molecule has 0 radical (unpaired) electrons. The molecule has 1 fully saturated rings. The number of aryl methyl sites for hydroxylation is 1. The van der Waals surface area contributed by atoms with Crippen molar-refractivity contribution in [2.24, 2.45) is 5.92 Å². The minimum atomic E-state index is -0.0874. The van der Waals surface area contributed by atoms with E-state index in [1.165, 1.54) is 6.20 Å². The van der Waals surface area contributed by atoms with Crippen LogP contribution in [0, 0.1) is 12.8 Å². The first-order valence-corrected chi connectivity index (χ1v) is 5.89. The van der Waals surface area contributed by atoms with Crippen molar-refractivity contribution in [3.63, 3.8) is 0 Å². The van der Waals surface area contributed by atoms with E-state index in [1.807, 2.05) is 6.92 Å². The summed E-state index contributed by atoms with van der Waals surface area (Å²) in [5.41, 5.74) is 1.18. The molecule has 1 N–H and O–H groups in total. The molecule has 5 nitrogen and oxygen atoms in total. The Kier molecular flexibility index (Phi) is 3.68. The summed E-state index contributed by atoms with van der Waals surface area (Å²) in [7, 11) is 0. The molecule has 0 bridgehead atoms. The van der Waals surface area contributed by atoms with Crippen molar-refractivity contribution >= 4 is 5.91 Å². The van der Waals surface area contributed by atoms with Crippen LogP contribution in [-0.2, 0) is 0 Å². The molecule has 2 heterocycles. The third-order valence-corrected chi connectivity index (χ3v) is 3.06. The lowest BCUT2D eigenvalue weighted by Gasteiger charge is -2.31. The summed E-state index contributed by atoms with van der Waals surface area (Å²) < 4.78 is 0. The van der Waals surface area contributed by atoms with Gasteiger partial charge in [0, 0.05) is 25.9 Å². The highest BCUT2D eigenvalue weighted by Crippen LogP contribution is 2.17. The normalized spacial score (nSPS) is 20.4. The van der Waals surface area contributed by atoms with E-state index in [-0.39, 0.29) is 18.4 Å². The highest BCUT2D eigenvalue weighted by Gasteiger charge is 2.24. The Morgan fingerprint density at radius 1 is 1.53 bits per heavy atom. The van der Waals surface area contributed by atoms with Crippen LogP contribution < -0.4 is 0 Å². The van der Waals surface area contributed by atoms with Gasteiger partial charge in [-0.05, 0) is 25.7 Å². The number of aliphatic hydroxyl groups is 1. The second-order valence-electron chi connectivity index (χ2n) is 4.49. The minimum Gasteiger partial charge on any atom is -0.396 e. The molecule has 2 rings (SSSR count). The maximum atomic E-state index is 12.1. The summed E-state index contributed by atoms with van der Waals surface area (Å²) in [5.74, 6) is 0.113. The van der Waals surface area contributed by atoms with E-state index >= 15 is 0 Å². The molecule has 1 aliphatic rings. The molecule has 1 saturated heterocycles. The molecular formula is C12H17N3O2. The number of amides is 1. The summed E-state index contributed by atoms with van der Waals surface area (Å²) in [6.07, 6.45) is 5.04. The molecule has 92 valence electrons. The smallest absolute Gasteiger partial charge is 0.274 e. The van der Waals surface area contributed by atoms with E-state index in [0.29, 0.717) is 12.2 Å². The lowest BCUT2D eigenvalue weighted by molar-refractivity contribution is 0.0614.